The second-order valence-electron chi connectivity index (χ2n) is 12.8. The van der Waals surface area contributed by atoms with Crippen molar-refractivity contribution in [1.82, 2.24) is 14.6 Å². The van der Waals surface area contributed by atoms with E-state index in [-0.39, 0.29) is 5.04 Å². The zero-order valence-electron chi connectivity index (χ0n) is 25.6. The summed E-state index contributed by atoms with van der Waals surface area (Å²) in [6.45, 7) is 15.5. The van der Waals surface area contributed by atoms with Gasteiger partial charge < -0.3 is 15.5 Å². The second-order valence-corrected chi connectivity index (χ2v) is 17.5. The van der Waals surface area contributed by atoms with Crippen LogP contribution < -0.4 is 15.5 Å². The lowest BCUT2D eigenvalue weighted by Gasteiger charge is -2.36. The van der Waals surface area contributed by atoms with E-state index >= 15 is 0 Å². The first kappa shape index (κ1) is 28.9. The van der Waals surface area contributed by atoms with E-state index in [4.69, 9.17) is 20.3 Å². The minimum Gasteiger partial charge on any atom is -0.543 e. The molecule has 1 aliphatic rings. The molecule has 0 unspecified atom stereocenters. The lowest BCUT2D eigenvalue weighted by Crippen LogP contribution is -2.43. The molecule has 0 spiro atoms. The first-order valence-electron chi connectivity index (χ1n) is 14.8. The Morgan fingerprint density at radius 3 is 2.59 bits per heavy atom. The summed E-state index contributed by atoms with van der Waals surface area (Å²) in [5.74, 6) is 1.36. The van der Waals surface area contributed by atoms with Crippen molar-refractivity contribution in [3.63, 3.8) is 0 Å². The van der Waals surface area contributed by atoms with Crippen LogP contribution in [0.4, 0.5) is 11.4 Å². The molecule has 0 bridgehead atoms. The third-order valence-electron chi connectivity index (χ3n) is 8.80. The summed E-state index contributed by atoms with van der Waals surface area (Å²) in [4.78, 5) is 9.22. The van der Waals surface area contributed by atoms with Gasteiger partial charge in [-0.3, -0.25) is 4.98 Å². The summed E-state index contributed by atoms with van der Waals surface area (Å²) in [6.07, 6.45) is 13.3. The number of nitrogens with zero attached hydrogens (tertiary/aromatic N) is 4. The van der Waals surface area contributed by atoms with Gasteiger partial charge in [0.2, 0.25) is 8.32 Å². The molecular formula is C33H44N6OSi. The molecule has 0 aliphatic heterocycles. The van der Waals surface area contributed by atoms with Crippen molar-refractivity contribution < 1.29 is 4.43 Å². The molecule has 1 aliphatic carbocycles. The molecule has 8 heteroatoms. The Morgan fingerprint density at radius 1 is 1.15 bits per heavy atom. The van der Waals surface area contributed by atoms with Gasteiger partial charge in [0.05, 0.1) is 28.7 Å². The first-order chi connectivity index (χ1) is 19.5. The van der Waals surface area contributed by atoms with Crippen molar-refractivity contribution in [1.29, 1.82) is 0 Å². The van der Waals surface area contributed by atoms with Crippen LogP contribution in [-0.2, 0) is 6.42 Å². The molecule has 4 aromatic rings. The fourth-order valence-corrected chi connectivity index (χ4v) is 6.30. The fraction of sp³-hybridized carbons (Fsp3) is 0.424. The maximum atomic E-state index is 6.78. The van der Waals surface area contributed by atoms with Crippen molar-refractivity contribution in [3.8, 4) is 16.9 Å². The molecule has 1 fully saturated rings. The van der Waals surface area contributed by atoms with Gasteiger partial charge in [0.1, 0.15) is 11.6 Å². The number of anilines is 1. The fourth-order valence-electron chi connectivity index (χ4n) is 5.28. The van der Waals surface area contributed by atoms with Gasteiger partial charge in [-0.15, -0.1) is 0 Å². The Labute approximate surface area is 245 Å². The molecule has 5 rings (SSSR count). The minimum absolute atomic E-state index is 0.129. The number of amidine groups is 1. The van der Waals surface area contributed by atoms with E-state index in [1.807, 2.05) is 35.2 Å². The molecule has 3 heterocycles. The van der Waals surface area contributed by atoms with Gasteiger partial charge in [0.15, 0.2) is 0 Å². The van der Waals surface area contributed by atoms with Crippen LogP contribution in [0.1, 0.15) is 70.1 Å². The number of aryl methyl sites for hydroxylation is 2. The van der Waals surface area contributed by atoms with Crippen LogP contribution in [0.5, 0.6) is 5.75 Å². The van der Waals surface area contributed by atoms with E-state index in [1.54, 1.807) is 0 Å². The highest BCUT2D eigenvalue weighted by atomic mass is 28.4. The molecule has 0 amide bonds. The van der Waals surface area contributed by atoms with E-state index in [0.717, 1.165) is 69.7 Å². The van der Waals surface area contributed by atoms with Crippen LogP contribution in [-0.4, -0.2) is 34.8 Å². The number of aromatic nitrogens is 3. The SMILES string of the molecule is CCc1cc(O[Si](C)(C)C(C)(C)C)ccc1/N=C(\N)c1cnn2cc(-c3ccncc3C)cc2c1NC1CCCC1. The molecule has 216 valence electrons. The highest BCUT2D eigenvalue weighted by Gasteiger charge is 2.39. The summed E-state index contributed by atoms with van der Waals surface area (Å²) >= 11 is 0. The summed E-state index contributed by atoms with van der Waals surface area (Å²) in [7, 11) is -1.94. The molecule has 7 nitrogen and oxygen atoms in total. The quantitative estimate of drug-likeness (QED) is 0.128. The van der Waals surface area contributed by atoms with E-state index in [0.29, 0.717) is 11.9 Å². The van der Waals surface area contributed by atoms with Crippen molar-refractivity contribution in [2.24, 2.45) is 10.7 Å². The number of rotatable bonds is 8. The average molecular weight is 569 g/mol. The standard InChI is InChI=1S/C33H44N6OSi/c1-8-23-17-26(40-41(6,7)33(3,4)5)13-14-29(23)38-32(34)28-20-36-39-21-24(27-15-16-35-19-22(27)2)18-30(39)31(28)37-25-11-9-10-12-25/h13-21,25,37H,8-12H2,1-7H3,(H2,34,38). The van der Waals surface area contributed by atoms with Crippen molar-refractivity contribution in [2.45, 2.75) is 90.9 Å². The van der Waals surface area contributed by atoms with Crippen molar-refractivity contribution >= 4 is 31.0 Å². The third-order valence-corrected chi connectivity index (χ3v) is 13.2. The average Bonchev–Trinajstić information content (AvgIpc) is 3.59. The zero-order chi connectivity index (χ0) is 29.4. The van der Waals surface area contributed by atoms with Crippen LogP contribution in [0.25, 0.3) is 16.6 Å². The Kier molecular flexibility index (Phi) is 7.97. The summed E-state index contributed by atoms with van der Waals surface area (Å²) < 4.78 is 8.51. The van der Waals surface area contributed by atoms with Crippen LogP contribution in [0, 0.1) is 6.92 Å². The van der Waals surface area contributed by atoms with Gasteiger partial charge in [-0.2, -0.15) is 5.10 Å². The number of hydrogen-bond acceptors (Lipinski definition) is 5. The van der Waals surface area contributed by atoms with E-state index in [2.05, 4.69) is 82.4 Å². The summed E-state index contributed by atoms with van der Waals surface area (Å²) in [6, 6.07) is 10.8. The summed E-state index contributed by atoms with van der Waals surface area (Å²) in [5.41, 5.74) is 14.9. The Morgan fingerprint density at radius 2 is 1.90 bits per heavy atom. The smallest absolute Gasteiger partial charge is 0.250 e. The molecule has 0 atom stereocenters. The largest absolute Gasteiger partial charge is 0.543 e. The van der Waals surface area contributed by atoms with Crippen molar-refractivity contribution in [3.05, 3.63) is 71.8 Å². The van der Waals surface area contributed by atoms with Gasteiger partial charge in [-0.25, -0.2) is 9.51 Å². The normalized spacial score (nSPS) is 15.0. The lowest BCUT2D eigenvalue weighted by atomic mass is 10.1. The maximum Gasteiger partial charge on any atom is 0.250 e. The topological polar surface area (TPSA) is 89.8 Å². The highest BCUT2D eigenvalue weighted by molar-refractivity contribution is 6.74. The predicted molar refractivity (Wildman–Crippen MR) is 173 cm³/mol. The van der Waals surface area contributed by atoms with Crippen molar-refractivity contribution in [2.75, 3.05) is 5.32 Å². The van der Waals surface area contributed by atoms with Crippen LogP contribution >= 0.6 is 0 Å². The number of pyridine rings is 1. The van der Waals surface area contributed by atoms with Crippen LogP contribution in [0.2, 0.25) is 18.1 Å². The zero-order valence-corrected chi connectivity index (χ0v) is 26.6. The number of aliphatic imine (C=N–C) groups is 1. The Bertz CT molecular complexity index is 1580. The number of benzene rings is 1. The number of fused-ring (bicyclic) bond motifs is 1. The van der Waals surface area contributed by atoms with E-state index in [1.165, 1.54) is 12.8 Å². The highest BCUT2D eigenvalue weighted by Crippen LogP contribution is 2.38. The summed E-state index contributed by atoms with van der Waals surface area (Å²) in [5, 5.41) is 8.72. The monoisotopic (exact) mass is 568 g/mol. The molecule has 0 radical (unpaired) electrons. The molecule has 41 heavy (non-hydrogen) atoms. The van der Waals surface area contributed by atoms with Gasteiger partial charge in [0.25, 0.3) is 0 Å². The molecule has 1 aromatic carbocycles. The first-order valence-corrected chi connectivity index (χ1v) is 17.7. The van der Waals surface area contributed by atoms with Crippen LogP contribution in [0.3, 0.4) is 0 Å². The predicted octanol–water partition coefficient (Wildman–Crippen LogP) is 8.04. The van der Waals surface area contributed by atoms with E-state index in [9.17, 15) is 0 Å². The van der Waals surface area contributed by atoms with Crippen LogP contribution in [0.15, 0.2) is 60.1 Å². The molecular weight excluding hydrogens is 524 g/mol. The second kappa shape index (κ2) is 11.3. The van der Waals surface area contributed by atoms with Gasteiger partial charge in [-0.1, -0.05) is 40.5 Å². The number of nitrogens with one attached hydrogen (secondary N) is 1. The molecule has 3 aromatic heterocycles. The molecule has 0 saturated heterocycles. The van der Waals surface area contributed by atoms with Gasteiger partial charge in [-0.05, 0) is 91.3 Å². The molecule has 1 saturated carbocycles. The Hall–Kier alpha value is -3.65. The van der Waals surface area contributed by atoms with E-state index < -0.39 is 8.32 Å². The third kappa shape index (κ3) is 6.03. The van der Waals surface area contributed by atoms with Gasteiger partial charge in [0, 0.05) is 30.2 Å². The Balaban J connectivity index is 1.55. The lowest BCUT2D eigenvalue weighted by molar-refractivity contribution is 0.492. The minimum atomic E-state index is -1.94. The molecule has 3 N–H and O–H groups in total. The number of hydrogen-bond donors (Lipinski definition) is 2. The maximum absolute atomic E-state index is 6.78. The number of nitrogens with two attached hydrogens (primary N) is 1. The van der Waals surface area contributed by atoms with Gasteiger partial charge >= 0.3 is 0 Å².